The molecule has 1 aromatic heterocycles. The molecule has 0 aliphatic carbocycles. The minimum atomic E-state index is -1.41. The van der Waals surface area contributed by atoms with E-state index in [1.807, 2.05) is 30.3 Å². The van der Waals surface area contributed by atoms with E-state index in [9.17, 15) is 19.8 Å². The summed E-state index contributed by atoms with van der Waals surface area (Å²) in [6, 6.07) is 9.70. The topological polar surface area (TPSA) is 163 Å². The molecule has 0 radical (unpaired) electrons. The third kappa shape index (κ3) is 4.37. The molecular weight excluding hydrogens is 368 g/mol. The lowest BCUT2D eigenvalue weighted by atomic mass is 10.1. The van der Waals surface area contributed by atoms with E-state index < -0.39 is 42.2 Å². The van der Waals surface area contributed by atoms with E-state index in [1.54, 1.807) is 0 Å². The Kier molecular flexibility index (Phi) is 6.05. The van der Waals surface area contributed by atoms with Crippen molar-refractivity contribution in [2.24, 2.45) is 5.73 Å². The summed E-state index contributed by atoms with van der Waals surface area (Å²) in [7, 11) is 0. The number of benzene rings is 1. The predicted octanol–water partition coefficient (Wildman–Crippen LogP) is -1.44. The van der Waals surface area contributed by atoms with Gasteiger partial charge in [0.15, 0.2) is 6.23 Å². The Morgan fingerprint density at radius 2 is 1.96 bits per heavy atom. The number of carbonyl (C=O) groups excluding carboxylic acids is 1. The molecule has 1 saturated heterocycles. The lowest BCUT2D eigenvalue weighted by Gasteiger charge is -2.17. The Bertz CT molecular complexity index is 874. The number of nitrogens with two attached hydrogens (primary N) is 2. The van der Waals surface area contributed by atoms with Gasteiger partial charge in [0.05, 0.1) is 0 Å². The SMILES string of the molecule is Nc1ccn([C@@H]2O[C@H](COC(=O)[C@H](N)Cc3ccccc3)[C@@H](O)[C@@H]2O)c(=O)n1. The van der Waals surface area contributed by atoms with E-state index in [4.69, 9.17) is 20.9 Å². The highest BCUT2D eigenvalue weighted by atomic mass is 16.6. The van der Waals surface area contributed by atoms with Gasteiger partial charge in [0.2, 0.25) is 0 Å². The average molecular weight is 390 g/mol. The Balaban J connectivity index is 1.58. The second kappa shape index (κ2) is 8.48. The first-order valence-corrected chi connectivity index (χ1v) is 8.69. The fourth-order valence-corrected chi connectivity index (χ4v) is 2.94. The summed E-state index contributed by atoms with van der Waals surface area (Å²) in [6.45, 7) is -0.326. The summed E-state index contributed by atoms with van der Waals surface area (Å²) in [4.78, 5) is 27.6. The van der Waals surface area contributed by atoms with Gasteiger partial charge in [0.25, 0.3) is 0 Å². The van der Waals surface area contributed by atoms with Crippen molar-refractivity contribution in [3.05, 3.63) is 58.6 Å². The molecule has 6 N–H and O–H groups in total. The van der Waals surface area contributed by atoms with Gasteiger partial charge in [0, 0.05) is 6.20 Å². The van der Waals surface area contributed by atoms with Crippen LogP contribution in [-0.4, -0.2) is 56.7 Å². The van der Waals surface area contributed by atoms with Crippen molar-refractivity contribution in [3.8, 4) is 0 Å². The minimum absolute atomic E-state index is 0.0205. The summed E-state index contributed by atoms with van der Waals surface area (Å²) >= 11 is 0. The molecule has 1 fully saturated rings. The summed E-state index contributed by atoms with van der Waals surface area (Å²) in [5, 5.41) is 20.3. The maximum atomic E-state index is 12.1. The molecule has 10 nitrogen and oxygen atoms in total. The standard InChI is InChI=1S/C18H22N4O6/c19-11(8-10-4-2-1-3-5-10)17(25)27-9-12-14(23)15(24)16(28-12)22-7-6-13(20)21-18(22)26/h1-7,11-12,14-16,23-24H,8-9,19H2,(H2,20,21,26)/t11-,12-,14-,15+,16-/m1/s1. The first-order valence-electron chi connectivity index (χ1n) is 8.69. The van der Waals surface area contributed by atoms with Crippen LogP contribution in [0.1, 0.15) is 11.8 Å². The lowest BCUT2D eigenvalue weighted by Crippen LogP contribution is -2.39. The molecule has 1 aliphatic heterocycles. The quantitative estimate of drug-likeness (QED) is 0.432. The fraction of sp³-hybridized carbons (Fsp3) is 0.389. The zero-order chi connectivity index (χ0) is 20.3. The number of nitrogens with zero attached hydrogens (tertiary/aromatic N) is 2. The Morgan fingerprint density at radius 3 is 2.64 bits per heavy atom. The molecule has 2 heterocycles. The second-order valence-electron chi connectivity index (χ2n) is 6.51. The van der Waals surface area contributed by atoms with Crippen LogP contribution < -0.4 is 17.2 Å². The molecule has 150 valence electrons. The molecule has 1 aliphatic rings. The van der Waals surface area contributed by atoms with Crippen LogP contribution >= 0.6 is 0 Å². The molecule has 5 atom stereocenters. The third-order valence-corrected chi connectivity index (χ3v) is 4.45. The molecular formula is C18H22N4O6. The van der Waals surface area contributed by atoms with E-state index >= 15 is 0 Å². The maximum absolute atomic E-state index is 12.1. The highest BCUT2D eigenvalue weighted by Crippen LogP contribution is 2.28. The van der Waals surface area contributed by atoms with Crippen LogP contribution in [0.15, 0.2) is 47.4 Å². The van der Waals surface area contributed by atoms with Crippen molar-refractivity contribution in [2.75, 3.05) is 12.3 Å². The highest BCUT2D eigenvalue weighted by Gasteiger charge is 2.44. The number of esters is 1. The monoisotopic (exact) mass is 390 g/mol. The van der Waals surface area contributed by atoms with E-state index in [1.165, 1.54) is 12.3 Å². The van der Waals surface area contributed by atoms with Gasteiger partial charge in [-0.3, -0.25) is 9.36 Å². The molecule has 0 bridgehead atoms. The molecule has 0 amide bonds. The number of anilines is 1. The largest absolute Gasteiger partial charge is 0.462 e. The average Bonchev–Trinajstić information content (AvgIpc) is 2.95. The van der Waals surface area contributed by atoms with Crippen molar-refractivity contribution < 1.29 is 24.5 Å². The predicted molar refractivity (Wildman–Crippen MR) is 97.9 cm³/mol. The number of aliphatic hydroxyl groups excluding tert-OH is 2. The summed E-state index contributed by atoms with van der Waals surface area (Å²) in [5.74, 6) is -0.643. The van der Waals surface area contributed by atoms with Crippen LogP contribution in [0.25, 0.3) is 0 Å². The minimum Gasteiger partial charge on any atom is -0.462 e. The number of nitrogen functional groups attached to an aromatic ring is 1. The van der Waals surface area contributed by atoms with Crippen molar-refractivity contribution in [1.82, 2.24) is 9.55 Å². The molecule has 0 unspecified atom stereocenters. The summed E-state index contributed by atoms with van der Waals surface area (Å²) < 4.78 is 11.6. The van der Waals surface area contributed by atoms with Gasteiger partial charge in [0.1, 0.15) is 36.8 Å². The first kappa shape index (κ1) is 20.0. The number of aliphatic hydroxyl groups is 2. The van der Waals surface area contributed by atoms with Crippen molar-refractivity contribution in [1.29, 1.82) is 0 Å². The van der Waals surface area contributed by atoms with E-state index in [0.29, 0.717) is 6.42 Å². The number of hydrogen-bond donors (Lipinski definition) is 4. The molecule has 0 spiro atoms. The van der Waals surface area contributed by atoms with Gasteiger partial charge in [-0.15, -0.1) is 0 Å². The number of hydrogen-bond acceptors (Lipinski definition) is 9. The highest BCUT2D eigenvalue weighted by molar-refractivity contribution is 5.75. The molecule has 0 saturated carbocycles. The maximum Gasteiger partial charge on any atom is 0.351 e. The zero-order valence-electron chi connectivity index (χ0n) is 14.9. The third-order valence-electron chi connectivity index (χ3n) is 4.45. The van der Waals surface area contributed by atoms with Crippen LogP contribution in [0.3, 0.4) is 0 Å². The Labute approximate surface area is 160 Å². The number of carbonyl (C=O) groups is 1. The summed E-state index contributed by atoms with van der Waals surface area (Å²) in [5.41, 5.74) is 11.4. The van der Waals surface area contributed by atoms with Crippen molar-refractivity contribution in [3.63, 3.8) is 0 Å². The normalized spacial score (nSPS) is 25.4. The van der Waals surface area contributed by atoms with Crippen LogP contribution in [0.2, 0.25) is 0 Å². The molecule has 3 rings (SSSR count). The smallest absolute Gasteiger partial charge is 0.351 e. The number of rotatable bonds is 6. The van der Waals surface area contributed by atoms with Crippen LogP contribution in [0, 0.1) is 0 Å². The lowest BCUT2D eigenvalue weighted by molar-refractivity contribution is -0.151. The van der Waals surface area contributed by atoms with Crippen LogP contribution in [0.5, 0.6) is 0 Å². The van der Waals surface area contributed by atoms with Crippen LogP contribution in [-0.2, 0) is 20.7 Å². The first-order chi connectivity index (χ1) is 13.4. The molecule has 2 aromatic rings. The van der Waals surface area contributed by atoms with E-state index in [0.717, 1.165) is 10.1 Å². The van der Waals surface area contributed by atoms with Crippen molar-refractivity contribution in [2.45, 2.75) is 37.0 Å². The number of aromatic nitrogens is 2. The van der Waals surface area contributed by atoms with E-state index in [-0.39, 0.29) is 12.4 Å². The summed E-state index contributed by atoms with van der Waals surface area (Å²) in [6.07, 6.45) is -3.40. The fourth-order valence-electron chi connectivity index (χ4n) is 2.94. The molecule has 1 aromatic carbocycles. The Hall–Kier alpha value is -2.79. The molecule has 10 heteroatoms. The second-order valence-corrected chi connectivity index (χ2v) is 6.51. The van der Waals surface area contributed by atoms with Gasteiger partial charge in [-0.05, 0) is 18.1 Å². The number of ether oxygens (including phenoxy) is 2. The Morgan fingerprint density at radius 1 is 1.25 bits per heavy atom. The van der Waals surface area contributed by atoms with Crippen molar-refractivity contribution >= 4 is 11.8 Å². The van der Waals surface area contributed by atoms with Gasteiger partial charge >= 0.3 is 11.7 Å². The molecule has 28 heavy (non-hydrogen) atoms. The van der Waals surface area contributed by atoms with E-state index in [2.05, 4.69) is 4.98 Å². The van der Waals surface area contributed by atoms with Gasteiger partial charge in [-0.1, -0.05) is 30.3 Å². The van der Waals surface area contributed by atoms with Crippen LogP contribution in [0.4, 0.5) is 5.82 Å². The van der Waals surface area contributed by atoms with Gasteiger partial charge in [-0.25, -0.2) is 4.79 Å². The van der Waals surface area contributed by atoms with Gasteiger partial charge < -0.3 is 31.2 Å². The zero-order valence-corrected chi connectivity index (χ0v) is 14.9. The van der Waals surface area contributed by atoms with Gasteiger partial charge in [-0.2, -0.15) is 4.98 Å².